The summed E-state index contributed by atoms with van der Waals surface area (Å²) < 4.78 is 16.5. The molecular formula is C25H29NO5. The van der Waals surface area contributed by atoms with E-state index in [4.69, 9.17) is 14.2 Å². The number of fused-ring (bicyclic) bond motifs is 1. The Morgan fingerprint density at radius 1 is 1.03 bits per heavy atom. The zero-order chi connectivity index (χ0) is 22.0. The molecule has 4 rings (SSSR count). The Kier molecular flexibility index (Phi) is 5.90. The quantitative estimate of drug-likeness (QED) is 0.633. The van der Waals surface area contributed by atoms with E-state index in [1.54, 1.807) is 23.1 Å². The van der Waals surface area contributed by atoms with Gasteiger partial charge in [-0.3, -0.25) is 9.69 Å². The van der Waals surface area contributed by atoms with Gasteiger partial charge >= 0.3 is 6.09 Å². The molecule has 6 nitrogen and oxygen atoms in total. The molecule has 0 spiro atoms. The molecule has 164 valence electrons. The Bertz CT molecular complexity index is 950. The van der Waals surface area contributed by atoms with Crippen LogP contribution in [0.15, 0.2) is 48.5 Å². The maximum atomic E-state index is 13.4. The highest BCUT2D eigenvalue weighted by Gasteiger charge is 2.43. The highest BCUT2D eigenvalue weighted by Crippen LogP contribution is 2.35. The van der Waals surface area contributed by atoms with Crippen LogP contribution >= 0.6 is 0 Å². The molecule has 0 bridgehead atoms. The van der Waals surface area contributed by atoms with Gasteiger partial charge in [0.2, 0.25) is 6.79 Å². The molecule has 2 atom stereocenters. The van der Waals surface area contributed by atoms with Gasteiger partial charge in [-0.1, -0.05) is 30.3 Å². The summed E-state index contributed by atoms with van der Waals surface area (Å²) in [5.41, 5.74) is 1.11. The number of ether oxygens (including phenoxy) is 3. The Morgan fingerprint density at radius 3 is 2.52 bits per heavy atom. The molecule has 0 aromatic heterocycles. The van der Waals surface area contributed by atoms with Gasteiger partial charge in [0.15, 0.2) is 17.3 Å². The van der Waals surface area contributed by atoms with Gasteiger partial charge in [-0.15, -0.1) is 0 Å². The zero-order valence-corrected chi connectivity index (χ0v) is 18.3. The van der Waals surface area contributed by atoms with Crippen LogP contribution in [0.3, 0.4) is 0 Å². The number of nitrogens with zero attached hydrogens (tertiary/aromatic N) is 1. The fraction of sp³-hybridized carbons (Fsp3) is 0.440. The predicted molar refractivity (Wildman–Crippen MR) is 117 cm³/mol. The van der Waals surface area contributed by atoms with Crippen molar-refractivity contribution in [2.24, 2.45) is 0 Å². The van der Waals surface area contributed by atoms with Crippen LogP contribution < -0.4 is 9.47 Å². The van der Waals surface area contributed by atoms with E-state index in [9.17, 15) is 9.59 Å². The Hall–Kier alpha value is -3.02. The molecule has 2 aromatic rings. The van der Waals surface area contributed by atoms with Gasteiger partial charge in [-0.2, -0.15) is 0 Å². The largest absolute Gasteiger partial charge is 0.454 e. The van der Waals surface area contributed by atoms with E-state index < -0.39 is 17.7 Å². The molecule has 0 radical (unpaired) electrons. The van der Waals surface area contributed by atoms with E-state index in [1.807, 2.05) is 39.0 Å². The van der Waals surface area contributed by atoms with E-state index in [0.717, 1.165) is 19.3 Å². The van der Waals surface area contributed by atoms with Gasteiger partial charge in [0, 0.05) is 11.6 Å². The minimum Gasteiger partial charge on any atom is -0.454 e. The van der Waals surface area contributed by atoms with E-state index in [1.165, 1.54) is 5.56 Å². The fourth-order valence-corrected chi connectivity index (χ4v) is 4.23. The van der Waals surface area contributed by atoms with Crippen LogP contribution in [-0.2, 0) is 11.2 Å². The minimum atomic E-state index is -0.629. The maximum Gasteiger partial charge on any atom is 0.411 e. The highest BCUT2D eigenvalue weighted by atomic mass is 16.7. The molecule has 2 aliphatic rings. The minimum absolute atomic E-state index is 0.0435. The first-order valence-electron chi connectivity index (χ1n) is 10.8. The monoisotopic (exact) mass is 423 g/mol. The lowest BCUT2D eigenvalue weighted by molar-refractivity contribution is 0.0140. The Labute approximate surface area is 183 Å². The van der Waals surface area contributed by atoms with Crippen LogP contribution in [0.1, 0.15) is 56.0 Å². The average molecular weight is 424 g/mol. The Balaban J connectivity index is 1.55. The lowest BCUT2D eigenvalue weighted by Gasteiger charge is -2.32. The third-order valence-electron chi connectivity index (χ3n) is 5.68. The van der Waals surface area contributed by atoms with Gasteiger partial charge in [0.1, 0.15) is 5.60 Å². The van der Waals surface area contributed by atoms with Gasteiger partial charge in [0.25, 0.3) is 0 Å². The first kappa shape index (κ1) is 21.2. The normalized spacial score (nSPS) is 20.0. The number of carbonyl (C=O) groups is 2. The number of likely N-dealkylation sites (tertiary alicyclic amines) is 1. The van der Waals surface area contributed by atoms with Crippen molar-refractivity contribution in [2.45, 2.75) is 64.1 Å². The van der Waals surface area contributed by atoms with Crippen molar-refractivity contribution >= 4 is 11.9 Å². The van der Waals surface area contributed by atoms with Gasteiger partial charge in [-0.05, 0) is 70.2 Å². The number of carbonyl (C=O) groups excluding carboxylic acids is 2. The third kappa shape index (κ3) is 4.84. The van der Waals surface area contributed by atoms with Crippen LogP contribution in [0, 0.1) is 0 Å². The van der Waals surface area contributed by atoms with Crippen molar-refractivity contribution in [3.05, 3.63) is 59.7 Å². The number of Topliss-reactive ketones (excluding diaryl/α,β-unsaturated/α-hetero) is 1. The van der Waals surface area contributed by atoms with Gasteiger partial charge < -0.3 is 14.2 Å². The summed E-state index contributed by atoms with van der Waals surface area (Å²) in [6.07, 6.45) is 2.59. The highest BCUT2D eigenvalue weighted by molar-refractivity contribution is 6.02. The predicted octanol–water partition coefficient (Wildman–Crippen LogP) is 5.00. The lowest BCUT2D eigenvalue weighted by Crippen LogP contribution is -2.47. The summed E-state index contributed by atoms with van der Waals surface area (Å²) in [5, 5.41) is 0. The SMILES string of the molecule is CC(C)(C)OC(=O)N1[C@@H](CCc2ccccc2)CC[C@@H]1C(=O)c1ccc2c(c1)OCO2. The number of ketones is 1. The molecule has 1 saturated heterocycles. The molecular weight excluding hydrogens is 394 g/mol. The molecule has 1 fully saturated rings. The second-order valence-corrected chi connectivity index (χ2v) is 9.09. The molecule has 2 heterocycles. The van der Waals surface area contributed by atoms with Crippen LogP contribution in [0.4, 0.5) is 4.79 Å². The summed E-state index contributed by atoms with van der Waals surface area (Å²) in [4.78, 5) is 28.2. The van der Waals surface area contributed by atoms with E-state index >= 15 is 0 Å². The van der Waals surface area contributed by atoms with Crippen LogP contribution in [0.5, 0.6) is 11.5 Å². The number of benzene rings is 2. The number of rotatable bonds is 5. The summed E-state index contributed by atoms with van der Waals surface area (Å²) in [5.74, 6) is 1.10. The maximum absolute atomic E-state index is 13.4. The second kappa shape index (κ2) is 8.61. The second-order valence-electron chi connectivity index (χ2n) is 9.09. The smallest absolute Gasteiger partial charge is 0.411 e. The first-order valence-corrected chi connectivity index (χ1v) is 10.8. The molecule has 1 amide bonds. The van der Waals surface area contributed by atoms with Crippen molar-refractivity contribution in [2.75, 3.05) is 6.79 Å². The summed E-state index contributed by atoms with van der Waals surface area (Å²) in [6, 6.07) is 14.8. The van der Waals surface area contributed by atoms with Crippen LogP contribution in [0.2, 0.25) is 0 Å². The first-order chi connectivity index (χ1) is 14.8. The lowest BCUT2D eigenvalue weighted by atomic mass is 10.0. The van der Waals surface area contributed by atoms with Crippen LogP contribution in [-0.4, -0.2) is 41.3 Å². The summed E-state index contributed by atoms with van der Waals surface area (Å²) >= 11 is 0. The molecule has 0 aliphatic carbocycles. The van der Waals surface area contributed by atoms with Crippen molar-refractivity contribution in [3.63, 3.8) is 0 Å². The molecule has 31 heavy (non-hydrogen) atoms. The van der Waals surface area contributed by atoms with E-state index in [2.05, 4.69) is 12.1 Å². The average Bonchev–Trinajstić information content (AvgIpc) is 3.37. The molecule has 0 saturated carbocycles. The molecule has 0 unspecified atom stereocenters. The van der Waals surface area contributed by atoms with Crippen LogP contribution in [0.25, 0.3) is 0 Å². The number of amides is 1. The third-order valence-corrected chi connectivity index (χ3v) is 5.68. The van der Waals surface area contributed by atoms with E-state index in [-0.39, 0.29) is 18.6 Å². The van der Waals surface area contributed by atoms with Crippen molar-refractivity contribution < 1.29 is 23.8 Å². The molecule has 6 heteroatoms. The van der Waals surface area contributed by atoms with Crippen molar-refractivity contribution in [1.82, 2.24) is 4.90 Å². The summed E-state index contributed by atoms with van der Waals surface area (Å²) in [6.45, 7) is 5.68. The topological polar surface area (TPSA) is 65.1 Å². The fourth-order valence-electron chi connectivity index (χ4n) is 4.23. The zero-order valence-electron chi connectivity index (χ0n) is 18.3. The van der Waals surface area contributed by atoms with E-state index in [0.29, 0.717) is 23.5 Å². The molecule has 2 aliphatic heterocycles. The molecule has 2 aromatic carbocycles. The van der Waals surface area contributed by atoms with Gasteiger partial charge in [-0.25, -0.2) is 4.79 Å². The summed E-state index contributed by atoms with van der Waals surface area (Å²) in [7, 11) is 0. The standard InChI is InChI=1S/C25H29NO5/c1-25(2,3)31-24(28)26-19(11-9-17-7-5-4-6-8-17)12-13-20(26)23(27)18-10-14-21-22(15-18)30-16-29-21/h4-8,10,14-15,19-20H,9,11-13,16H2,1-3H3/t19-,20+/m0/s1. The van der Waals surface area contributed by atoms with Crippen molar-refractivity contribution in [1.29, 1.82) is 0 Å². The Morgan fingerprint density at radius 2 is 1.77 bits per heavy atom. The van der Waals surface area contributed by atoms with Crippen molar-refractivity contribution in [3.8, 4) is 11.5 Å². The number of aryl methyl sites for hydroxylation is 1. The number of hydrogen-bond donors (Lipinski definition) is 0. The number of hydrogen-bond acceptors (Lipinski definition) is 5. The molecule has 0 N–H and O–H groups in total. The van der Waals surface area contributed by atoms with Gasteiger partial charge in [0.05, 0.1) is 6.04 Å².